The van der Waals surface area contributed by atoms with Crippen LogP contribution in [0.25, 0.3) is 0 Å². The first kappa shape index (κ1) is 16.3. The van der Waals surface area contributed by atoms with Crippen LogP contribution in [-0.4, -0.2) is 48.7 Å². The minimum absolute atomic E-state index is 0.0152. The number of carbonyl (C=O) groups excluding carboxylic acids is 2. The zero-order chi connectivity index (χ0) is 15.8. The van der Waals surface area contributed by atoms with Crippen molar-refractivity contribution in [2.24, 2.45) is 11.3 Å². The van der Waals surface area contributed by atoms with E-state index < -0.39 is 17.6 Å². The van der Waals surface area contributed by atoms with E-state index in [2.05, 4.69) is 0 Å². The summed E-state index contributed by atoms with van der Waals surface area (Å²) in [7, 11) is 1.54. The van der Waals surface area contributed by atoms with Crippen LogP contribution in [0.1, 0.15) is 33.6 Å². The van der Waals surface area contributed by atoms with Crippen molar-refractivity contribution in [3.05, 3.63) is 11.6 Å². The zero-order valence-electron chi connectivity index (χ0n) is 13.1. The Labute approximate surface area is 125 Å². The molecule has 0 aromatic heterocycles. The lowest BCUT2D eigenvalue weighted by Gasteiger charge is -2.43. The maximum Gasteiger partial charge on any atom is 0.164 e. The number of ketones is 2. The van der Waals surface area contributed by atoms with E-state index in [9.17, 15) is 14.7 Å². The molecule has 0 bridgehead atoms. The molecule has 1 aliphatic heterocycles. The number of rotatable bonds is 3. The Balaban J connectivity index is 2.44. The normalized spacial score (nSPS) is 38.5. The number of methoxy groups -OCH3 is 1. The molecule has 2 aliphatic rings. The van der Waals surface area contributed by atoms with Crippen molar-refractivity contribution >= 4 is 11.6 Å². The summed E-state index contributed by atoms with van der Waals surface area (Å²) in [5.74, 6) is -0.138. The topological polar surface area (TPSA) is 72.8 Å². The number of hydrogen-bond acceptors (Lipinski definition) is 5. The number of aliphatic hydroxyl groups excluding tert-OH is 1. The van der Waals surface area contributed by atoms with Crippen LogP contribution in [0, 0.1) is 11.3 Å². The summed E-state index contributed by atoms with van der Waals surface area (Å²) >= 11 is 0. The Bertz CT molecular complexity index is 469. The van der Waals surface area contributed by atoms with E-state index in [1.54, 1.807) is 27.0 Å². The number of allylic oxidation sites excluding steroid dienone is 1. The SMILES string of the molecule is COC(C)C1OC2C=C(C)C(=O)C[C@]2(CO)C(C)CC1=O. The first-order chi connectivity index (χ1) is 9.85. The predicted octanol–water partition coefficient (Wildman–Crippen LogP) is 1.28. The summed E-state index contributed by atoms with van der Waals surface area (Å²) in [6.45, 7) is 5.28. The molecule has 0 spiro atoms. The van der Waals surface area contributed by atoms with Gasteiger partial charge in [0.15, 0.2) is 11.6 Å². The Morgan fingerprint density at radius 1 is 1.52 bits per heavy atom. The lowest BCUT2D eigenvalue weighted by molar-refractivity contribution is -0.149. The molecular formula is C16H24O5. The highest BCUT2D eigenvalue weighted by Gasteiger charge is 2.52. The number of Topliss-reactive ketones (excluding diaryl/α,β-unsaturated/α-hetero) is 2. The summed E-state index contributed by atoms with van der Waals surface area (Å²) in [6.07, 6.45) is 0.809. The van der Waals surface area contributed by atoms with E-state index >= 15 is 0 Å². The molecule has 0 radical (unpaired) electrons. The molecule has 4 unspecified atom stereocenters. The Hall–Kier alpha value is -1.04. The van der Waals surface area contributed by atoms with Crippen molar-refractivity contribution in [3.63, 3.8) is 0 Å². The van der Waals surface area contributed by atoms with Gasteiger partial charge in [-0.15, -0.1) is 0 Å². The molecule has 0 aromatic carbocycles. The van der Waals surface area contributed by atoms with Crippen LogP contribution in [0.15, 0.2) is 11.6 Å². The van der Waals surface area contributed by atoms with E-state index in [0.717, 1.165) is 0 Å². The second-order valence-electron chi connectivity index (χ2n) is 6.33. The molecule has 1 saturated heterocycles. The second kappa shape index (κ2) is 5.99. The molecular weight excluding hydrogens is 272 g/mol. The average Bonchev–Trinajstić information content (AvgIpc) is 2.55. The van der Waals surface area contributed by atoms with Crippen molar-refractivity contribution in [1.82, 2.24) is 0 Å². The molecule has 21 heavy (non-hydrogen) atoms. The molecule has 0 amide bonds. The van der Waals surface area contributed by atoms with Gasteiger partial charge in [0, 0.05) is 25.4 Å². The third-order valence-corrected chi connectivity index (χ3v) is 5.09. The van der Waals surface area contributed by atoms with Gasteiger partial charge in [0.2, 0.25) is 0 Å². The van der Waals surface area contributed by atoms with Crippen molar-refractivity contribution in [2.75, 3.05) is 13.7 Å². The molecule has 5 nitrogen and oxygen atoms in total. The number of carbonyl (C=O) groups is 2. The Morgan fingerprint density at radius 2 is 2.19 bits per heavy atom. The number of hydrogen-bond donors (Lipinski definition) is 1. The van der Waals surface area contributed by atoms with Gasteiger partial charge in [-0.05, 0) is 31.4 Å². The number of ether oxygens (including phenoxy) is 2. The Morgan fingerprint density at radius 3 is 2.76 bits per heavy atom. The fourth-order valence-corrected chi connectivity index (χ4v) is 3.31. The summed E-state index contributed by atoms with van der Waals surface area (Å²) in [5.41, 5.74) is -0.0801. The molecule has 5 heteroatoms. The van der Waals surface area contributed by atoms with Gasteiger partial charge >= 0.3 is 0 Å². The van der Waals surface area contributed by atoms with Gasteiger partial charge in [0.1, 0.15) is 6.10 Å². The average molecular weight is 296 g/mol. The van der Waals surface area contributed by atoms with Gasteiger partial charge in [-0.25, -0.2) is 0 Å². The maximum atomic E-state index is 12.4. The largest absolute Gasteiger partial charge is 0.396 e. The predicted molar refractivity (Wildman–Crippen MR) is 76.8 cm³/mol. The fourth-order valence-electron chi connectivity index (χ4n) is 3.31. The Kier molecular flexibility index (Phi) is 4.66. The minimum atomic E-state index is -0.714. The molecule has 5 atom stereocenters. The smallest absolute Gasteiger partial charge is 0.164 e. The van der Waals surface area contributed by atoms with Gasteiger partial charge in [0.05, 0.1) is 18.8 Å². The van der Waals surface area contributed by atoms with E-state index in [1.165, 1.54) is 0 Å². The van der Waals surface area contributed by atoms with Crippen LogP contribution in [0.3, 0.4) is 0 Å². The number of aliphatic hydroxyl groups is 1. The van der Waals surface area contributed by atoms with E-state index in [0.29, 0.717) is 5.57 Å². The molecule has 118 valence electrons. The maximum absolute atomic E-state index is 12.4. The van der Waals surface area contributed by atoms with Crippen LogP contribution in [0.5, 0.6) is 0 Å². The summed E-state index contributed by atoms with van der Waals surface area (Å²) in [5, 5.41) is 9.94. The monoisotopic (exact) mass is 296 g/mol. The lowest BCUT2D eigenvalue weighted by Crippen LogP contribution is -2.48. The van der Waals surface area contributed by atoms with Crippen LogP contribution >= 0.6 is 0 Å². The summed E-state index contributed by atoms with van der Waals surface area (Å²) < 4.78 is 11.2. The molecule has 1 N–H and O–H groups in total. The van der Waals surface area contributed by atoms with Gasteiger partial charge in [0.25, 0.3) is 0 Å². The highest BCUT2D eigenvalue weighted by atomic mass is 16.5. The molecule has 1 heterocycles. The molecule has 0 aromatic rings. The van der Waals surface area contributed by atoms with Gasteiger partial charge in [-0.2, -0.15) is 0 Å². The quantitative estimate of drug-likeness (QED) is 0.849. The number of fused-ring (bicyclic) bond motifs is 1. The zero-order valence-corrected chi connectivity index (χ0v) is 13.1. The van der Waals surface area contributed by atoms with Crippen molar-refractivity contribution in [1.29, 1.82) is 0 Å². The van der Waals surface area contributed by atoms with Crippen molar-refractivity contribution in [2.45, 2.75) is 51.9 Å². The lowest BCUT2D eigenvalue weighted by atomic mass is 9.64. The highest BCUT2D eigenvalue weighted by Crippen LogP contribution is 2.46. The highest BCUT2D eigenvalue weighted by molar-refractivity contribution is 5.96. The van der Waals surface area contributed by atoms with Gasteiger partial charge in [-0.3, -0.25) is 9.59 Å². The van der Waals surface area contributed by atoms with Crippen molar-refractivity contribution in [3.8, 4) is 0 Å². The molecule has 1 aliphatic carbocycles. The van der Waals surface area contributed by atoms with E-state index in [1.807, 2.05) is 6.92 Å². The summed E-state index contributed by atoms with van der Waals surface area (Å²) in [6, 6.07) is 0. The standard InChI is InChI=1S/C16H24O5/c1-9-5-14-16(8-17,7-13(9)19)10(2)6-12(18)15(21-14)11(3)20-4/h5,10-11,14-15,17H,6-8H2,1-4H3/t10?,11?,14?,15?,16-/m0/s1. The molecule has 0 saturated carbocycles. The third kappa shape index (κ3) is 2.70. The molecule has 1 fully saturated rings. The first-order valence-electron chi connectivity index (χ1n) is 7.39. The third-order valence-electron chi connectivity index (χ3n) is 5.09. The fraction of sp³-hybridized carbons (Fsp3) is 0.750. The van der Waals surface area contributed by atoms with Gasteiger partial charge < -0.3 is 14.6 Å². The summed E-state index contributed by atoms with van der Waals surface area (Å²) in [4.78, 5) is 24.5. The van der Waals surface area contributed by atoms with Gasteiger partial charge in [-0.1, -0.05) is 6.92 Å². The van der Waals surface area contributed by atoms with Crippen LogP contribution in [-0.2, 0) is 19.1 Å². The van der Waals surface area contributed by atoms with Crippen molar-refractivity contribution < 1.29 is 24.2 Å². The first-order valence-corrected chi connectivity index (χ1v) is 7.39. The van der Waals surface area contributed by atoms with Crippen LogP contribution in [0.4, 0.5) is 0 Å². The minimum Gasteiger partial charge on any atom is -0.396 e. The second-order valence-corrected chi connectivity index (χ2v) is 6.33. The van der Waals surface area contributed by atoms with Crippen LogP contribution in [0.2, 0.25) is 0 Å². The van der Waals surface area contributed by atoms with E-state index in [-0.39, 0.29) is 43.0 Å². The van der Waals surface area contributed by atoms with E-state index in [4.69, 9.17) is 9.47 Å². The molecule has 2 rings (SSSR count). The van der Waals surface area contributed by atoms with Crippen LogP contribution < -0.4 is 0 Å².